The molecule has 0 saturated carbocycles. The van der Waals surface area contributed by atoms with E-state index in [2.05, 4.69) is 25.8 Å². The molecule has 18 heavy (non-hydrogen) atoms. The summed E-state index contributed by atoms with van der Waals surface area (Å²) in [5, 5.41) is 1.01. The summed E-state index contributed by atoms with van der Waals surface area (Å²) in [4.78, 5) is 15.9. The van der Waals surface area contributed by atoms with E-state index in [1.165, 1.54) is 12.7 Å². The number of hydrogen-bond donors (Lipinski definition) is 0. The van der Waals surface area contributed by atoms with Gasteiger partial charge in [0.25, 0.3) is 0 Å². The largest absolute Gasteiger partial charge is 0.465 e. The van der Waals surface area contributed by atoms with Crippen molar-refractivity contribution >= 4 is 16.9 Å². The summed E-state index contributed by atoms with van der Waals surface area (Å²) in [7, 11) is 1.39. The van der Waals surface area contributed by atoms with Crippen molar-refractivity contribution in [3.05, 3.63) is 41.6 Å². The average Bonchev–Trinajstić information content (AvgIpc) is 2.35. The molecule has 0 spiro atoms. The van der Waals surface area contributed by atoms with Crippen LogP contribution in [0.2, 0.25) is 0 Å². The lowest BCUT2D eigenvalue weighted by molar-refractivity contribution is 0.0601. The van der Waals surface area contributed by atoms with Crippen LogP contribution in [0.5, 0.6) is 0 Å². The van der Waals surface area contributed by atoms with Gasteiger partial charge in [-0.3, -0.25) is 4.98 Å². The summed E-state index contributed by atoms with van der Waals surface area (Å²) in [6, 6.07) is 7.46. The maximum atomic E-state index is 11.6. The van der Waals surface area contributed by atoms with Crippen LogP contribution < -0.4 is 0 Å². The van der Waals surface area contributed by atoms with Crippen molar-refractivity contribution in [2.45, 2.75) is 26.2 Å². The Hall–Kier alpha value is -1.90. The van der Waals surface area contributed by atoms with Gasteiger partial charge in [0.2, 0.25) is 0 Å². The van der Waals surface area contributed by atoms with Gasteiger partial charge in [0.15, 0.2) is 0 Å². The van der Waals surface area contributed by atoms with E-state index in [4.69, 9.17) is 4.74 Å². The second-order valence-electron chi connectivity index (χ2n) is 5.33. The molecule has 3 nitrogen and oxygen atoms in total. The Bertz CT molecular complexity index is 597. The molecular weight excluding hydrogens is 226 g/mol. The van der Waals surface area contributed by atoms with E-state index < -0.39 is 0 Å². The molecule has 3 heteroatoms. The number of rotatable bonds is 1. The number of hydrogen-bond acceptors (Lipinski definition) is 3. The minimum atomic E-state index is -0.319. The van der Waals surface area contributed by atoms with E-state index in [9.17, 15) is 4.79 Å². The fraction of sp³-hybridized carbons (Fsp3) is 0.333. The van der Waals surface area contributed by atoms with Crippen LogP contribution in [-0.4, -0.2) is 18.1 Å². The van der Waals surface area contributed by atoms with Crippen molar-refractivity contribution in [1.29, 1.82) is 0 Å². The molecule has 0 aliphatic carbocycles. The summed E-state index contributed by atoms with van der Waals surface area (Å²) < 4.78 is 4.75. The van der Waals surface area contributed by atoms with Crippen molar-refractivity contribution in [3.8, 4) is 0 Å². The second kappa shape index (κ2) is 4.41. The highest BCUT2D eigenvalue weighted by atomic mass is 16.5. The van der Waals surface area contributed by atoms with Crippen LogP contribution in [0.25, 0.3) is 10.9 Å². The van der Waals surface area contributed by atoms with Gasteiger partial charge in [-0.05, 0) is 35.2 Å². The topological polar surface area (TPSA) is 39.2 Å². The van der Waals surface area contributed by atoms with Crippen molar-refractivity contribution in [2.75, 3.05) is 7.11 Å². The number of esters is 1. The van der Waals surface area contributed by atoms with E-state index in [0.717, 1.165) is 10.9 Å². The summed E-state index contributed by atoms with van der Waals surface area (Å²) in [5.74, 6) is -0.319. The lowest BCUT2D eigenvalue weighted by atomic mass is 9.84. The molecule has 0 radical (unpaired) electrons. The molecule has 0 amide bonds. The third-order valence-corrected chi connectivity index (χ3v) is 2.97. The Morgan fingerprint density at radius 1 is 1.22 bits per heavy atom. The first-order valence-corrected chi connectivity index (χ1v) is 5.91. The van der Waals surface area contributed by atoms with Gasteiger partial charge in [0, 0.05) is 11.6 Å². The van der Waals surface area contributed by atoms with E-state index >= 15 is 0 Å². The van der Waals surface area contributed by atoms with Gasteiger partial charge < -0.3 is 4.74 Å². The van der Waals surface area contributed by atoms with Crippen LogP contribution in [0, 0.1) is 0 Å². The molecule has 0 atom stereocenters. The predicted octanol–water partition coefficient (Wildman–Crippen LogP) is 3.32. The molecule has 0 unspecified atom stereocenters. The van der Waals surface area contributed by atoms with Crippen LogP contribution in [-0.2, 0) is 10.2 Å². The zero-order valence-corrected chi connectivity index (χ0v) is 11.2. The molecule has 2 rings (SSSR count). The Labute approximate surface area is 107 Å². The number of aromatic nitrogens is 1. The monoisotopic (exact) mass is 243 g/mol. The standard InChI is InChI=1S/C15H17NO2/c1-15(2,3)12-7-8-16-13-6-5-10(9-11(12)13)14(17)18-4/h5-9H,1-4H3. The highest BCUT2D eigenvalue weighted by Crippen LogP contribution is 2.29. The number of carbonyl (C=O) groups is 1. The molecule has 1 aromatic carbocycles. The SMILES string of the molecule is COC(=O)c1ccc2nccc(C(C)(C)C)c2c1. The number of benzene rings is 1. The summed E-state index contributed by atoms with van der Waals surface area (Å²) in [6.45, 7) is 6.44. The van der Waals surface area contributed by atoms with Crippen LogP contribution in [0.15, 0.2) is 30.5 Å². The maximum Gasteiger partial charge on any atom is 0.337 e. The maximum absolute atomic E-state index is 11.6. The number of nitrogens with zero attached hydrogens (tertiary/aromatic N) is 1. The van der Waals surface area contributed by atoms with Gasteiger partial charge >= 0.3 is 5.97 Å². The van der Waals surface area contributed by atoms with Gasteiger partial charge in [0.1, 0.15) is 0 Å². The van der Waals surface area contributed by atoms with Crippen molar-refractivity contribution in [2.24, 2.45) is 0 Å². The minimum absolute atomic E-state index is 0.00985. The van der Waals surface area contributed by atoms with Crippen LogP contribution >= 0.6 is 0 Å². The van der Waals surface area contributed by atoms with Crippen molar-refractivity contribution in [3.63, 3.8) is 0 Å². The quantitative estimate of drug-likeness (QED) is 0.721. The van der Waals surface area contributed by atoms with E-state index in [-0.39, 0.29) is 11.4 Å². The van der Waals surface area contributed by atoms with Gasteiger partial charge in [-0.25, -0.2) is 4.79 Å². The Kier molecular flexibility index (Phi) is 3.07. The van der Waals surface area contributed by atoms with Gasteiger partial charge in [-0.2, -0.15) is 0 Å². The highest BCUT2D eigenvalue weighted by Gasteiger charge is 2.18. The smallest absolute Gasteiger partial charge is 0.337 e. The van der Waals surface area contributed by atoms with Crippen LogP contribution in [0.3, 0.4) is 0 Å². The van der Waals surface area contributed by atoms with Crippen molar-refractivity contribution in [1.82, 2.24) is 4.98 Å². The number of methoxy groups -OCH3 is 1. The van der Waals surface area contributed by atoms with Crippen molar-refractivity contribution < 1.29 is 9.53 Å². The molecule has 1 aromatic heterocycles. The predicted molar refractivity (Wildman–Crippen MR) is 71.8 cm³/mol. The fourth-order valence-corrected chi connectivity index (χ4v) is 2.05. The van der Waals surface area contributed by atoms with E-state index in [0.29, 0.717) is 5.56 Å². The third-order valence-electron chi connectivity index (χ3n) is 2.97. The third kappa shape index (κ3) is 2.21. The molecule has 0 saturated heterocycles. The first-order chi connectivity index (χ1) is 8.43. The molecule has 0 fully saturated rings. The lowest BCUT2D eigenvalue weighted by Gasteiger charge is -2.21. The minimum Gasteiger partial charge on any atom is -0.465 e. The Balaban J connectivity index is 2.70. The molecule has 0 bridgehead atoms. The number of ether oxygens (including phenoxy) is 1. The second-order valence-corrected chi connectivity index (χ2v) is 5.33. The normalized spacial score (nSPS) is 11.6. The fourth-order valence-electron chi connectivity index (χ4n) is 2.05. The molecule has 0 aliphatic rings. The number of carbonyl (C=O) groups excluding carboxylic acids is 1. The lowest BCUT2D eigenvalue weighted by Crippen LogP contribution is -2.12. The highest BCUT2D eigenvalue weighted by molar-refractivity contribution is 5.95. The molecule has 0 aliphatic heterocycles. The zero-order chi connectivity index (χ0) is 13.3. The number of pyridine rings is 1. The van der Waals surface area contributed by atoms with Gasteiger partial charge in [0.05, 0.1) is 18.2 Å². The zero-order valence-electron chi connectivity index (χ0n) is 11.2. The molecule has 2 aromatic rings. The van der Waals surface area contributed by atoms with E-state index in [1.807, 2.05) is 18.2 Å². The van der Waals surface area contributed by atoms with E-state index in [1.54, 1.807) is 12.3 Å². The summed E-state index contributed by atoms with van der Waals surface area (Å²) >= 11 is 0. The summed E-state index contributed by atoms with van der Waals surface area (Å²) in [6.07, 6.45) is 1.81. The average molecular weight is 243 g/mol. The molecule has 0 N–H and O–H groups in total. The van der Waals surface area contributed by atoms with Gasteiger partial charge in [-0.1, -0.05) is 20.8 Å². The Morgan fingerprint density at radius 2 is 1.94 bits per heavy atom. The van der Waals surface area contributed by atoms with Crippen LogP contribution in [0.1, 0.15) is 36.7 Å². The summed E-state index contributed by atoms with van der Waals surface area (Å²) in [5.41, 5.74) is 2.65. The number of fused-ring (bicyclic) bond motifs is 1. The first kappa shape index (κ1) is 12.6. The molecular formula is C15H17NO2. The molecule has 1 heterocycles. The van der Waals surface area contributed by atoms with Gasteiger partial charge in [-0.15, -0.1) is 0 Å². The Morgan fingerprint density at radius 3 is 2.56 bits per heavy atom. The van der Waals surface area contributed by atoms with Crippen LogP contribution in [0.4, 0.5) is 0 Å². The first-order valence-electron chi connectivity index (χ1n) is 5.91. The molecule has 94 valence electrons.